The van der Waals surface area contributed by atoms with Gasteiger partial charge in [0.15, 0.2) is 0 Å². The van der Waals surface area contributed by atoms with Crippen LogP contribution in [0, 0.1) is 5.51 Å². The minimum absolute atomic E-state index is 0. The van der Waals surface area contributed by atoms with Crippen LogP contribution in [0.15, 0.2) is 29.6 Å². The normalized spacial score (nSPS) is 9.88. The third-order valence-electron chi connectivity index (χ3n) is 2.17. The summed E-state index contributed by atoms with van der Waals surface area (Å²) in [6, 6.07) is 7.85. The molecule has 5 nitrogen and oxygen atoms in total. The number of hydrogen-bond donors (Lipinski definition) is 1. The van der Waals surface area contributed by atoms with Crippen molar-refractivity contribution in [3.05, 3.63) is 35.2 Å². The summed E-state index contributed by atoms with van der Waals surface area (Å²) < 4.78 is 0. The third kappa shape index (κ3) is 2.44. The van der Waals surface area contributed by atoms with E-state index in [1.165, 1.54) is 11.3 Å². The van der Waals surface area contributed by atoms with Crippen molar-refractivity contribution in [2.75, 3.05) is 0 Å². The van der Waals surface area contributed by atoms with Crippen molar-refractivity contribution in [1.82, 2.24) is 25.6 Å². The molecule has 0 fully saturated rings. The number of tetrazole rings is 1. The van der Waals surface area contributed by atoms with Gasteiger partial charge in [-0.25, -0.2) is 0 Å². The van der Waals surface area contributed by atoms with Crippen LogP contribution in [0.3, 0.4) is 0 Å². The molecule has 78 valence electrons. The molecule has 3 rings (SSSR count). The largest absolute Gasteiger partial charge is 1.00 e. The molecule has 0 aliphatic heterocycles. The first-order chi connectivity index (χ1) is 7.93. The van der Waals surface area contributed by atoms with Gasteiger partial charge in [0, 0.05) is 5.56 Å². The summed E-state index contributed by atoms with van der Waals surface area (Å²) in [6.07, 6.45) is 0. The number of H-pyrrole nitrogens is 1. The number of hydrogen-bond acceptors (Lipinski definition) is 5. The number of thiazole rings is 1. The smallest absolute Gasteiger partial charge is 0.386 e. The maximum atomic E-state index is 4.12. The molecule has 1 N–H and O–H groups in total. The Balaban J connectivity index is 0.00000108. The Labute approximate surface area is 113 Å². The number of nitrogens with one attached hydrogen (secondary N) is 1. The van der Waals surface area contributed by atoms with Crippen molar-refractivity contribution >= 4 is 11.3 Å². The van der Waals surface area contributed by atoms with Gasteiger partial charge in [-0.2, -0.15) is 5.21 Å². The zero-order valence-electron chi connectivity index (χ0n) is 9.08. The first kappa shape index (κ1) is 12.0. The molecule has 0 aliphatic carbocycles. The van der Waals surface area contributed by atoms with Crippen LogP contribution in [-0.2, 0) is 0 Å². The second-order valence-electron chi connectivity index (χ2n) is 3.14. The van der Waals surface area contributed by atoms with Crippen molar-refractivity contribution in [3.8, 4) is 22.6 Å². The molecule has 0 radical (unpaired) electrons. The number of benzene rings is 1. The minimum Gasteiger partial charge on any atom is -0.386 e. The van der Waals surface area contributed by atoms with E-state index < -0.39 is 0 Å². The Kier molecular flexibility index (Phi) is 3.69. The summed E-state index contributed by atoms with van der Waals surface area (Å²) in [7, 11) is 0. The maximum Gasteiger partial charge on any atom is 1.00 e. The quantitative estimate of drug-likeness (QED) is 0.447. The van der Waals surface area contributed by atoms with E-state index in [-0.39, 0.29) is 18.9 Å². The molecule has 0 saturated heterocycles. The van der Waals surface area contributed by atoms with Gasteiger partial charge in [0.2, 0.25) is 5.82 Å². The van der Waals surface area contributed by atoms with Crippen LogP contribution in [0.2, 0.25) is 0 Å². The summed E-state index contributed by atoms with van der Waals surface area (Å²) in [5.41, 5.74) is 5.74. The first-order valence-electron chi connectivity index (χ1n) is 4.59. The summed E-state index contributed by atoms with van der Waals surface area (Å²) in [5, 5.41) is 15.7. The fourth-order valence-electron chi connectivity index (χ4n) is 1.39. The molecule has 0 aliphatic rings. The fraction of sp³-hybridized carbons (Fsp3) is 0. The molecule has 17 heavy (non-hydrogen) atoms. The molecular weight excluding hydrogens is 229 g/mol. The number of nitrogens with zero attached hydrogens (tertiary/aromatic N) is 4. The Morgan fingerprint density at radius 3 is 2.47 bits per heavy atom. The zero-order valence-corrected chi connectivity index (χ0v) is 9.90. The molecule has 1 aromatic carbocycles. The van der Waals surface area contributed by atoms with Crippen molar-refractivity contribution in [2.24, 2.45) is 0 Å². The summed E-state index contributed by atoms with van der Waals surface area (Å²) in [6.45, 7) is 0. The molecule has 2 heterocycles. The van der Waals surface area contributed by atoms with Gasteiger partial charge in [0.05, 0.1) is 0 Å². The summed E-state index contributed by atoms with van der Waals surface area (Å²) >= 11 is 1.46. The van der Waals surface area contributed by atoms with Crippen LogP contribution < -0.4 is 18.9 Å². The second kappa shape index (κ2) is 5.23. The first-order valence-corrected chi connectivity index (χ1v) is 5.47. The molecule has 2 aromatic heterocycles. The van der Waals surface area contributed by atoms with Gasteiger partial charge in [0.25, 0.3) is 0 Å². The second-order valence-corrected chi connectivity index (χ2v) is 3.79. The van der Waals surface area contributed by atoms with Gasteiger partial charge < -0.3 is 4.98 Å². The van der Waals surface area contributed by atoms with Gasteiger partial charge >= 0.3 is 18.9 Å². The van der Waals surface area contributed by atoms with E-state index in [0.29, 0.717) is 5.82 Å². The Morgan fingerprint density at radius 1 is 1.12 bits per heavy atom. The minimum atomic E-state index is 0. The van der Waals surface area contributed by atoms with E-state index in [0.717, 1.165) is 16.8 Å². The van der Waals surface area contributed by atoms with Crippen LogP contribution in [0.1, 0.15) is 0 Å². The number of rotatable bonds is 2. The summed E-state index contributed by atoms with van der Waals surface area (Å²) in [4.78, 5) is 4.12. The van der Waals surface area contributed by atoms with Crippen molar-refractivity contribution < 1.29 is 18.9 Å². The fourth-order valence-corrected chi connectivity index (χ4v) is 1.89. The third-order valence-corrected chi connectivity index (χ3v) is 2.71. The summed E-state index contributed by atoms with van der Waals surface area (Å²) in [5.74, 6) is 0.594. The molecule has 3 aromatic rings. The molecule has 0 unspecified atom stereocenters. The van der Waals surface area contributed by atoms with E-state index in [1.807, 2.05) is 29.6 Å². The van der Waals surface area contributed by atoms with Crippen LogP contribution in [-0.4, -0.2) is 25.6 Å². The van der Waals surface area contributed by atoms with E-state index in [9.17, 15) is 0 Å². The van der Waals surface area contributed by atoms with Gasteiger partial charge in [-0.1, -0.05) is 35.5 Å². The molecule has 0 amide bonds. The van der Waals surface area contributed by atoms with Crippen LogP contribution >= 0.6 is 11.3 Å². The monoisotopic (exact) mass is 235 g/mol. The van der Waals surface area contributed by atoms with E-state index in [2.05, 4.69) is 31.1 Å². The zero-order chi connectivity index (χ0) is 10.8. The predicted molar refractivity (Wildman–Crippen MR) is 59.6 cm³/mol. The molecule has 0 bridgehead atoms. The van der Waals surface area contributed by atoms with E-state index in [4.69, 9.17) is 0 Å². The van der Waals surface area contributed by atoms with Gasteiger partial charge in [0.1, 0.15) is 0 Å². The van der Waals surface area contributed by atoms with Crippen molar-refractivity contribution in [3.63, 3.8) is 0 Å². The average molecular weight is 235 g/mol. The van der Waals surface area contributed by atoms with Gasteiger partial charge in [-0.05, 0) is 10.7 Å². The van der Waals surface area contributed by atoms with Crippen molar-refractivity contribution in [1.29, 1.82) is 0 Å². The molecule has 0 atom stereocenters. The number of aromatic amines is 1. The molecule has 7 heteroatoms. The van der Waals surface area contributed by atoms with Crippen LogP contribution in [0.4, 0.5) is 0 Å². The maximum absolute atomic E-state index is 4.12. The predicted octanol–water partition coefficient (Wildman–Crippen LogP) is -1.21. The Morgan fingerprint density at radius 2 is 1.88 bits per heavy atom. The Bertz CT molecular complexity index is 508. The van der Waals surface area contributed by atoms with Crippen LogP contribution in [0.25, 0.3) is 22.6 Å². The topological polar surface area (TPSA) is 67.3 Å². The van der Waals surface area contributed by atoms with E-state index in [1.54, 1.807) is 0 Å². The van der Waals surface area contributed by atoms with Gasteiger partial charge in [-0.3, -0.25) is 11.3 Å². The van der Waals surface area contributed by atoms with E-state index >= 15 is 0 Å². The SMILES string of the molecule is [Li+].[c-]1nc(-c2ccc(-c3nn[nH]n3)cc2)cs1. The number of aromatic nitrogens is 5. The standard InChI is InChI=1S/C10H6N5S.Li/c1-3-8(10-12-14-15-13-10)4-2-7(1)9-5-16-6-11-9;/h1-5H,(H,12,13,14,15);/q-1;+1. The van der Waals surface area contributed by atoms with Gasteiger partial charge in [-0.15, -0.1) is 15.6 Å². The molecule has 0 spiro atoms. The van der Waals surface area contributed by atoms with Crippen molar-refractivity contribution in [2.45, 2.75) is 0 Å². The average Bonchev–Trinajstić information content (AvgIpc) is 3.03. The molecule has 0 saturated carbocycles. The van der Waals surface area contributed by atoms with Crippen LogP contribution in [0.5, 0.6) is 0 Å². The Hall–Kier alpha value is -1.48. The molecular formula is C10H6LiN5S.